The van der Waals surface area contributed by atoms with E-state index in [1.54, 1.807) is 12.1 Å². The van der Waals surface area contributed by atoms with Crippen molar-refractivity contribution in [2.75, 3.05) is 6.61 Å². The summed E-state index contributed by atoms with van der Waals surface area (Å²) < 4.78 is 5.70. The van der Waals surface area contributed by atoms with Crippen LogP contribution in [-0.4, -0.2) is 6.61 Å². The second-order valence-corrected chi connectivity index (χ2v) is 7.01. The second-order valence-electron chi connectivity index (χ2n) is 7.01. The van der Waals surface area contributed by atoms with Crippen molar-refractivity contribution in [3.63, 3.8) is 0 Å². The molecule has 1 aromatic carbocycles. The fourth-order valence-corrected chi connectivity index (χ4v) is 3.55. The van der Waals surface area contributed by atoms with E-state index in [0.717, 1.165) is 17.6 Å². The van der Waals surface area contributed by atoms with Crippen LogP contribution in [0.4, 0.5) is 0 Å². The fraction of sp³-hybridized carbons (Fsp3) is 0.591. The summed E-state index contributed by atoms with van der Waals surface area (Å²) in [5.41, 5.74) is 0.671. The molecule has 0 aromatic heterocycles. The number of allylic oxidation sites excluding steroid dienone is 1. The maximum absolute atomic E-state index is 8.78. The minimum atomic E-state index is 0.614. The third-order valence-electron chi connectivity index (χ3n) is 5.10. The van der Waals surface area contributed by atoms with Gasteiger partial charge in [-0.1, -0.05) is 51.2 Å². The SMILES string of the molecule is CCCCCCC1CCC(C=CCOc2ccc(C#N)cc2)CC1. The van der Waals surface area contributed by atoms with Gasteiger partial charge in [0.15, 0.2) is 0 Å². The number of benzene rings is 1. The number of nitrogens with zero attached hydrogens (tertiary/aromatic N) is 1. The van der Waals surface area contributed by atoms with Gasteiger partial charge in [-0.3, -0.25) is 0 Å². The molecule has 24 heavy (non-hydrogen) atoms. The standard InChI is InChI=1S/C22H31NO/c1-2-3-4-5-7-19-9-11-20(12-10-19)8-6-17-24-22-15-13-21(18-23)14-16-22/h6,8,13-16,19-20H,2-5,7,9-12,17H2,1H3. The molecule has 0 atom stereocenters. The average Bonchev–Trinajstić information content (AvgIpc) is 2.64. The molecule has 0 saturated heterocycles. The van der Waals surface area contributed by atoms with Crippen LogP contribution in [0.5, 0.6) is 5.75 Å². The van der Waals surface area contributed by atoms with Gasteiger partial charge in [0.2, 0.25) is 0 Å². The number of unbranched alkanes of at least 4 members (excludes halogenated alkanes) is 3. The molecule has 1 fully saturated rings. The minimum Gasteiger partial charge on any atom is -0.490 e. The first-order valence-corrected chi connectivity index (χ1v) is 9.61. The van der Waals surface area contributed by atoms with Crippen LogP contribution >= 0.6 is 0 Å². The van der Waals surface area contributed by atoms with E-state index in [1.165, 1.54) is 57.8 Å². The van der Waals surface area contributed by atoms with Crippen molar-refractivity contribution in [3.8, 4) is 11.8 Å². The summed E-state index contributed by atoms with van der Waals surface area (Å²) in [7, 11) is 0. The summed E-state index contributed by atoms with van der Waals surface area (Å²) >= 11 is 0. The summed E-state index contributed by atoms with van der Waals surface area (Å²) in [5.74, 6) is 2.54. The van der Waals surface area contributed by atoms with Crippen molar-refractivity contribution in [1.82, 2.24) is 0 Å². The summed E-state index contributed by atoms with van der Waals surface area (Å²) in [4.78, 5) is 0. The Morgan fingerprint density at radius 1 is 1.08 bits per heavy atom. The van der Waals surface area contributed by atoms with Crippen LogP contribution in [0.15, 0.2) is 36.4 Å². The molecule has 1 saturated carbocycles. The average molecular weight is 325 g/mol. The summed E-state index contributed by atoms with van der Waals surface area (Å²) in [6, 6.07) is 9.42. The van der Waals surface area contributed by atoms with Crippen molar-refractivity contribution in [3.05, 3.63) is 42.0 Å². The molecular weight excluding hydrogens is 294 g/mol. The van der Waals surface area contributed by atoms with Gasteiger partial charge in [0.25, 0.3) is 0 Å². The molecule has 1 aliphatic rings. The van der Waals surface area contributed by atoms with Crippen LogP contribution in [0, 0.1) is 23.2 Å². The Labute approximate surface area is 147 Å². The number of nitriles is 1. The van der Waals surface area contributed by atoms with Crippen LogP contribution < -0.4 is 4.74 Å². The van der Waals surface area contributed by atoms with Crippen LogP contribution in [0.1, 0.15) is 70.3 Å². The lowest BCUT2D eigenvalue weighted by Gasteiger charge is -2.26. The van der Waals surface area contributed by atoms with Crippen molar-refractivity contribution in [2.45, 2.75) is 64.7 Å². The molecule has 0 N–H and O–H groups in total. The lowest BCUT2D eigenvalue weighted by Crippen LogP contribution is -2.13. The Balaban J connectivity index is 1.59. The molecule has 2 heteroatoms. The van der Waals surface area contributed by atoms with Gasteiger partial charge in [-0.15, -0.1) is 0 Å². The highest BCUT2D eigenvalue weighted by atomic mass is 16.5. The Kier molecular flexibility index (Phi) is 8.46. The normalized spacial score (nSPS) is 20.8. The number of hydrogen-bond acceptors (Lipinski definition) is 2. The topological polar surface area (TPSA) is 33.0 Å². The first-order valence-electron chi connectivity index (χ1n) is 9.61. The molecule has 0 radical (unpaired) electrons. The molecule has 130 valence electrons. The zero-order chi connectivity index (χ0) is 17.0. The number of rotatable bonds is 9. The van der Waals surface area contributed by atoms with Gasteiger partial charge in [-0.2, -0.15) is 5.26 Å². The Bertz CT molecular complexity index is 518. The molecule has 2 nitrogen and oxygen atoms in total. The van der Waals surface area contributed by atoms with Crippen molar-refractivity contribution in [2.24, 2.45) is 11.8 Å². The zero-order valence-corrected chi connectivity index (χ0v) is 15.0. The lowest BCUT2D eigenvalue weighted by atomic mass is 9.79. The van der Waals surface area contributed by atoms with E-state index in [9.17, 15) is 0 Å². The Morgan fingerprint density at radius 3 is 2.50 bits per heavy atom. The first-order chi connectivity index (χ1) is 11.8. The smallest absolute Gasteiger partial charge is 0.119 e. The lowest BCUT2D eigenvalue weighted by molar-refractivity contribution is 0.287. The largest absolute Gasteiger partial charge is 0.490 e. The Hall–Kier alpha value is -1.75. The van der Waals surface area contributed by atoms with Gasteiger partial charge < -0.3 is 4.74 Å². The van der Waals surface area contributed by atoms with Gasteiger partial charge in [0.1, 0.15) is 12.4 Å². The van der Waals surface area contributed by atoms with Crippen LogP contribution in [0.2, 0.25) is 0 Å². The van der Waals surface area contributed by atoms with E-state index in [2.05, 4.69) is 25.1 Å². The Morgan fingerprint density at radius 2 is 1.83 bits per heavy atom. The van der Waals surface area contributed by atoms with Crippen LogP contribution in [0.25, 0.3) is 0 Å². The van der Waals surface area contributed by atoms with E-state index >= 15 is 0 Å². The first kappa shape index (κ1) is 18.6. The molecular formula is C22H31NO. The van der Waals surface area contributed by atoms with Gasteiger partial charge in [-0.25, -0.2) is 0 Å². The van der Waals surface area contributed by atoms with E-state index in [4.69, 9.17) is 10.00 Å². The molecule has 1 aromatic rings. The quantitative estimate of drug-likeness (QED) is 0.396. The predicted molar refractivity (Wildman–Crippen MR) is 100.0 cm³/mol. The minimum absolute atomic E-state index is 0.614. The van der Waals surface area contributed by atoms with E-state index < -0.39 is 0 Å². The zero-order valence-electron chi connectivity index (χ0n) is 15.0. The highest BCUT2D eigenvalue weighted by molar-refractivity contribution is 5.34. The highest BCUT2D eigenvalue weighted by Crippen LogP contribution is 2.32. The molecule has 0 unspecified atom stereocenters. The highest BCUT2D eigenvalue weighted by Gasteiger charge is 2.18. The van der Waals surface area contributed by atoms with Gasteiger partial charge >= 0.3 is 0 Å². The van der Waals surface area contributed by atoms with E-state index in [-0.39, 0.29) is 0 Å². The predicted octanol–water partition coefficient (Wildman–Crippen LogP) is 6.27. The van der Waals surface area contributed by atoms with Gasteiger partial charge in [0, 0.05) is 0 Å². The van der Waals surface area contributed by atoms with Gasteiger partial charge in [0.05, 0.1) is 11.6 Å². The summed E-state index contributed by atoms with van der Waals surface area (Å²) in [6.45, 7) is 2.89. The van der Waals surface area contributed by atoms with Crippen molar-refractivity contribution >= 4 is 0 Å². The third kappa shape index (κ3) is 6.79. The summed E-state index contributed by atoms with van der Waals surface area (Å²) in [5, 5.41) is 8.78. The van der Waals surface area contributed by atoms with Crippen molar-refractivity contribution < 1.29 is 4.74 Å². The number of hydrogen-bond donors (Lipinski definition) is 0. The maximum atomic E-state index is 8.78. The summed E-state index contributed by atoms with van der Waals surface area (Å²) in [6.07, 6.45) is 17.0. The van der Waals surface area contributed by atoms with Crippen LogP contribution in [0.3, 0.4) is 0 Å². The van der Waals surface area contributed by atoms with Crippen LogP contribution in [-0.2, 0) is 0 Å². The second kappa shape index (κ2) is 10.9. The third-order valence-corrected chi connectivity index (χ3v) is 5.10. The molecule has 0 amide bonds. The van der Waals surface area contributed by atoms with E-state index in [1.807, 2.05) is 12.1 Å². The monoisotopic (exact) mass is 325 g/mol. The molecule has 1 aliphatic carbocycles. The van der Waals surface area contributed by atoms with Gasteiger partial charge in [-0.05, 0) is 61.8 Å². The fourth-order valence-electron chi connectivity index (χ4n) is 3.55. The maximum Gasteiger partial charge on any atom is 0.119 e. The molecule has 2 rings (SSSR count). The molecule has 0 spiro atoms. The van der Waals surface area contributed by atoms with Crippen molar-refractivity contribution in [1.29, 1.82) is 5.26 Å². The number of ether oxygens (including phenoxy) is 1. The molecule has 0 heterocycles. The molecule has 0 bridgehead atoms. The van der Waals surface area contributed by atoms with E-state index in [0.29, 0.717) is 12.2 Å². The molecule has 0 aliphatic heterocycles.